The molecule has 5 rings (SSSR count). The third-order valence-corrected chi connectivity index (χ3v) is 5.75. The molecule has 4 aliphatic carbocycles. The molecule has 0 unspecified atom stereocenters. The van der Waals surface area contributed by atoms with Crippen LogP contribution in [0, 0.1) is 35.0 Å². The van der Waals surface area contributed by atoms with E-state index in [1.807, 2.05) is 12.1 Å². The minimum atomic E-state index is 0.573. The summed E-state index contributed by atoms with van der Waals surface area (Å²) in [6.45, 7) is 0.795. The molecule has 1 N–H and O–H groups in total. The van der Waals surface area contributed by atoms with Gasteiger partial charge in [-0.05, 0) is 61.8 Å². The van der Waals surface area contributed by atoms with Crippen LogP contribution in [0.15, 0.2) is 18.3 Å². The lowest BCUT2D eigenvalue weighted by Gasteiger charge is -2.54. The van der Waals surface area contributed by atoms with E-state index in [9.17, 15) is 0 Å². The third kappa shape index (κ3) is 2.03. The SMILES string of the molecule is N#Cc1ncccc1CNC1C2CC3CC(C2)CC1C3. The molecule has 0 radical (unpaired) electrons. The summed E-state index contributed by atoms with van der Waals surface area (Å²) in [7, 11) is 0. The third-order valence-electron chi connectivity index (χ3n) is 5.75. The molecule has 20 heavy (non-hydrogen) atoms. The summed E-state index contributed by atoms with van der Waals surface area (Å²) < 4.78 is 0. The second-order valence-corrected chi connectivity index (χ2v) is 6.96. The Balaban J connectivity index is 1.46. The Morgan fingerprint density at radius 1 is 1.15 bits per heavy atom. The van der Waals surface area contributed by atoms with Gasteiger partial charge in [0, 0.05) is 24.3 Å². The number of aromatic nitrogens is 1. The number of nitrogens with zero attached hydrogens (tertiary/aromatic N) is 2. The van der Waals surface area contributed by atoms with E-state index in [-0.39, 0.29) is 0 Å². The Hall–Kier alpha value is -1.40. The van der Waals surface area contributed by atoms with Gasteiger partial charge in [-0.25, -0.2) is 4.98 Å². The zero-order valence-corrected chi connectivity index (χ0v) is 11.8. The number of nitriles is 1. The van der Waals surface area contributed by atoms with E-state index in [1.54, 1.807) is 6.20 Å². The molecule has 0 aromatic carbocycles. The van der Waals surface area contributed by atoms with Crippen molar-refractivity contribution in [1.29, 1.82) is 5.26 Å². The zero-order chi connectivity index (χ0) is 13.5. The Morgan fingerprint density at radius 2 is 1.85 bits per heavy atom. The van der Waals surface area contributed by atoms with E-state index >= 15 is 0 Å². The second-order valence-electron chi connectivity index (χ2n) is 6.96. The predicted octanol–water partition coefficient (Wildman–Crippen LogP) is 2.87. The molecule has 1 aromatic rings. The van der Waals surface area contributed by atoms with Gasteiger partial charge in [0.2, 0.25) is 0 Å². The first-order valence-corrected chi connectivity index (χ1v) is 7.91. The smallest absolute Gasteiger partial charge is 0.144 e. The number of rotatable bonds is 3. The molecule has 0 atom stereocenters. The minimum Gasteiger partial charge on any atom is -0.309 e. The highest BCUT2D eigenvalue weighted by Crippen LogP contribution is 2.53. The van der Waals surface area contributed by atoms with Gasteiger partial charge in [0.1, 0.15) is 11.8 Å². The molecular weight excluding hydrogens is 246 g/mol. The summed E-state index contributed by atoms with van der Waals surface area (Å²) in [5.74, 6) is 3.80. The van der Waals surface area contributed by atoms with Crippen molar-refractivity contribution in [3.63, 3.8) is 0 Å². The number of pyridine rings is 1. The van der Waals surface area contributed by atoms with Crippen molar-refractivity contribution in [2.24, 2.45) is 23.7 Å². The van der Waals surface area contributed by atoms with Gasteiger partial charge >= 0.3 is 0 Å². The lowest BCUT2D eigenvalue weighted by Crippen LogP contribution is -2.54. The maximum Gasteiger partial charge on any atom is 0.144 e. The molecule has 0 aliphatic heterocycles. The van der Waals surface area contributed by atoms with Gasteiger partial charge in [-0.15, -0.1) is 0 Å². The molecule has 3 nitrogen and oxygen atoms in total. The quantitative estimate of drug-likeness (QED) is 0.916. The number of nitrogens with one attached hydrogen (secondary N) is 1. The van der Waals surface area contributed by atoms with E-state index in [1.165, 1.54) is 32.1 Å². The highest BCUT2D eigenvalue weighted by atomic mass is 14.9. The van der Waals surface area contributed by atoms with Gasteiger partial charge < -0.3 is 5.32 Å². The van der Waals surface area contributed by atoms with Gasteiger partial charge in [-0.3, -0.25) is 0 Å². The van der Waals surface area contributed by atoms with Crippen molar-refractivity contribution in [3.8, 4) is 6.07 Å². The molecule has 0 spiro atoms. The number of hydrogen-bond acceptors (Lipinski definition) is 3. The summed E-state index contributed by atoms with van der Waals surface area (Å²) in [6, 6.07) is 6.82. The molecular formula is C17H21N3. The molecule has 104 valence electrons. The first-order valence-electron chi connectivity index (χ1n) is 7.91. The van der Waals surface area contributed by atoms with Crippen molar-refractivity contribution in [3.05, 3.63) is 29.6 Å². The molecule has 1 aromatic heterocycles. The Kier molecular flexibility index (Phi) is 3.00. The largest absolute Gasteiger partial charge is 0.309 e. The van der Waals surface area contributed by atoms with Crippen molar-refractivity contribution >= 4 is 0 Å². The van der Waals surface area contributed by atoms with Crippen LogP contribution in [0.3, 0.4) is 0 Å². The molecule has 0 amide bonds. The predicted molar refractivity (Wildman–Crippen MR) is 76.6 cm³/mol. The van der Waals surface area contributed by atoms with Crippen molar-refractivity contribution in [2.45, 2.75) is 44.7 Å². The maximum absolute atomic E-state index is 9.12. The van der Waals surface area contributed by atoms with Gasteiger partial charge in [-0.2, -0.15) is 5.26 Å². The monoisotopic (exact) mass is 267 g/mol. The summed E-state index contributed by atoms with van der Waals surface area (Å²) in [4.78, 5) is 4.15. The Morgan fingerprint density at radius 3 is 2.50 bits per heavy atom. The molecule has 4 bridgehead atoms. The lowest BCUT2D eigenvalue weighted by molar-refractivity contribution is -0.0142. The second kappa shape index (κ2) is 4.86. The highest BCUT2D eigenvalue weighted by molar-refractivity contribution is 5.30. The molecule has 4 saturated carbocycles. The van der Waals surface area contributed by atoms with Crippen LogP contribution in [0.4, 0.5) is 0 Å². The Labute approximate surface area is 120 Å². The van der Waals surface area contributed by atoms with Crippen LogP contribution in [-0.2, 0) is 6.54 Å². The van der Waals surface area contributed by atoms with E-state index in [0.717, 1.165) is 35.8 Å². The average molecular weight is 267 g/mol. The van der Waals surface area contributed by atoms with Crippen LogP contribution in [0.2, 0.25) is 0 Å². The van der Waals surface area contributed by atoms with Crippen LogP contribution in [0.1, 0.15) is 43.4 Å². The van der Waals surface area contributed by atoms with Gasteiger partial charge in [0.25, 0.3) is 0 Å². The van der Waals surface area contributed by atoms with Crippen LogP contribution < -0.4 is 5.32 Å². The fourth-order valence-corrected chi connectivity index (χ4v) is 5.17. The summed E-state index contributed by atoms with van der Waals surface area (Å²) in [5.41, 5.74) is 1.62. The topological polar surface area (TPSA) is 48.7 Å². The average Bonchev–Trinajstić information content (AvgIpc) is 2.46. The van der Waals surface area contributed by atoms with E-state index in [4.69, 9.17) is 5.26 Å². The zero-order valence-electron chi connectivity index (χ0n) is 11.8. The van der Waals surface area contributed by atoms with Crippen LogP contribution >= 0.6 is 0 Å². The van der Waals surface area contributed by atoms with E-state index in [0.29, 0.717) is 11.7 Å². The minimum absolute atomic E-state index is 0.573. The molecule has 4 aliphatic rings. The van der Waals surface area contributed by atoms with Crippen molar-refractivity contribution in [2.75, 3.05) is 0 Å². The Bertz CT molecular complexity index is 517. The van der Waals surface area contributed by atoms with Crippen molar-refractivity contribution < 1.29 is 0 Å². The van der Waals surface area contributed by atoms with Crippen LogP contribution in [-0.4, -0.2) is 11.0 Å². The van der Waals surface area contributed by atoms with Crippen LogP contribution in [0.25, 0.3) is 0 Å². The fraction of sp³-hybridized carbons (Fsp3) is 0.647. The van der Waals surface area contributed by atoms with Gasteiger partial charge in [0.05, 0.1) is 0 Å². The maximum atomic E-state index is 9.12. The first-order chi connectivity index (χ1) is 9.83. The van der Waals surface area contributed by atoms with E-state index in [2.05, 4.69) is 16.4 Å². The summed E-state index contributed by atoms with van der Waals surface area (Å²) >= 11 is 0. The molecule has 4 fully saturated rings. The van der Waals surface area contributed by atoms with E-state index < -0.39 is 0 Å². The van der Waals surface area contributed by atoms with Gasteiger partial charge in [-0.1, -0.05) is 6.07 Å². The molecule has 1 heterocycles. The summed E-state index contributed by atoms with van der Waals surface area (Å²) in [5, 5.41) is 12.9. The van der Waals surface area contributed by atoms with Gasteiger partial charge in [0.15, 0.2) is 0 Å². The number of hydrogen-bond donors (Lipinski definition) is 1. The fourth-order valence-electron chi connectivity index (χ4n) is 5.17. The standard InChI is InChI=1S/C17H21N3/c18-9-16-13(2-1-3-19-16)10-20-17-14-5-11-4-12(7-14)8-15(17)6-11/h1-3,11-12,14-15,17,20H,4-8,10H2. The summed E-state index contributed by atoms with van der Waals surface area (Å²) in [6.07, 6.45) is 8.93. The lowest BCUT2D eigenvalue weighted by atomic mass is 9.54. The van der Waals surface area contributed by atoms with Crippen LogP contribution in [0.5, 0.6) is 0 Å². The molecule has 0 saturated heterocycles. The normalized spacial score (nSPS) is 37.9. The molecule has 3 heteroatoms. The highest BCUT2D eigenvalue weighted by Gasteiger charge is 2.47. The first kappa shape index (κ1) is 12.3. The van der Waals surface area contributed by atoms with Crippen molar-refractivity contribution in [1.82, 2.24) is 10.3 Å².